The van der Waals surface area contributed by atoms with Gasteiger partial charge in [0.15, 0.2) is 0 Å². The van der Waals surface area contributed by atoms with Gasteiger partial charge in [0.25, 0.3) is 5.91 Å². The third-order valence-corrected chi connectivity index (χ3v) is 3.94. The van der Waals surface area contributed by atoms with E-state index in [9.17, 15) is 4.79 Å². The predicted molar refractivity (Wildman–Crippen MR) is 86.1 cm³/mol. The van der Waals surface area contributed by atoms with E-state index in [-0.39, 0.29) is 5.91 Å². The van der Waals surface area contributed by atoms with Crippen molar-refractivity contribution in [2.45, 2.75) is 6.42 Å². The summed E-state index contributed by atoms with van der Waals surface area (Å²) in [6.07, 6.45) is 0.806. The van der Waals surface area contributed by atoms with Crippen LogP contribution in [0.4, 0.5) is 0 Å². The number of halogens is 2. The molecule has 0 unspecified atom stereocenters. The zero-order valence-electron chi connectivity index (χ0n) is 11.7. The lowest BCUT2D eigenvalue weighted by molar-refractivity contribution is 0.0673. The second-order valence-corrected chi connectivity index (χ2v) is 6.03. The second kappa shape index (κ2) is 9.50. The van der Waals surface area contributed by atoms with Crippen molar-refractivity contribution in [3.63, 3.8) is 0 Å². The summed E-state index contributed by atoms with van der Waals surface area (Å²) < 4.78 is 11.8. The number of nitrogens with zero attached hydrogens (tertiary/aromatic N) is 1. The molecule has 0 N–H and O–H groups in total. The van der Waals surface area contributed by atoms with Gasteiger partial charge in [-0.2, -0.15) is 0 Å². The number of carbonyl (C=O) groups excluding carboxylic acids is 1. The molecule has 1 amide bonds. The van der Waals surface area contributed by atoms with Gasteiger partial charge in [-0.15, -0.1) is 0 Å². The number of rotatable bonds is 8. The number of amides is 1. The van der Waals surface area contributed by atoms with Gasteiger partial charge in [0.05, 0.1) is 12.2 Å². The number of ether oxygens (including phenoxy) is 2. The molecule has 0 spiro atoms. The van der Waals surface area contributed by atoms with Gasteiger partial charge in [0, 0.05) is 42.9 Å². The Morgan fingerprint density at radius 2 is 1.85 bits per heavy atom. The van der Waals surface area contributed by atoms with E-state index in [0.717, 1.165) is 15.4 Å². The van der Waals surface area contributed by atoms with Crippen LogP contribution in [0.5, 0.6) is 0 Å². The molecule has 0 aliphatic heterocycles. The highest BCUT2D eigenvalue weighted by molar-refractivity contribution is 9.11. The zero-order chi connectivity index (χ0) is 15.0. The van der Waals surface area contributed by atoms with Gasteiger partial charge < -0.3 is 14.4 Å². The molecule has 4 nitrogen and oxygen atoms in total. The van der Waals surface area contributed by atoms with E-state index in [1.807, 2.05) is 18.2 Å². The molecule has 20 heavy (non-hydrogen) atoms. The first-order chi connectivity index (χ1) is 9.60. The molecule has 1 aromatic carbocycles. The first-order valence-corrected chi connectivity index (χ1v) is 7.91. The minimum Gasteiger partial charge on any atom is -0.385 e. The monoisotopic (exact) mass is 407 g/mol. The Kier molecular flexibility index (Phi) is 8.37. The molecule has 1 aromatic rings. The van der Waals surface area contributed by atoms with E-state index in [2.05, 4.69) is 31.9 Å². The van der Waals surface area contributed by atoms with E-state index < -0.39 is 0 Å². The average molecular weight is 409 g/mol. The van der Waals surface area contributed by atoms with Gasteiger partial charge in [0.2, 0.25) is 0 Å². The van der Waals surface area contributed by atoms with Crippen LogP contribution in [-0.2, 0) is 9.47 Å². The van der Waals surface area contributed by atoms with Crippen LogP contribution in [-0.4, -0.2) is 51.3 Å². The SMILES string of the molecule is COCCCN(CCOC)C(=O)c1ccc(Br)cc1Br. The molecular weight excluding hydrogens is 390 g/mol. The van der Waals surface area contributed by atoms with Crippen molar-refractivity contribution >= 4 is 37.8 Å². The summed E-state index contributed by atoms with van der Waals surface area (Å²) in [5.74, 6) is -0.00229. The van der Waals surface area contributed by atoms with Crippen molar-refractivity contribution in [3.05, 3.63) is 32.7 Å². The minimum atomic E-state index is -0.00229. The van der Waals surface area contributed by atoms with Gasteiger partial charge in [-0.3, -0.25) is 4.79 Å². The summed E-state index contributed by atoms with van der Waals surface area (Å²) in [6.45, 7) is 2.38. The molecule has 0 aliphatic rings. The largest absolute Gasteiger partial charge is 0.385 e. The number of methoxy groups -OCH3 is 2. The summed E-state index contributed by atoms with van der Waals surface area (Å²) in [5.41, 5.74) is 0.654. The topological polar surface area (TPSA) is 38.8 Å². The minimum absolute atomic E-state index is 0.00229. The number of carbonyl (C=O) groups is 1. The van der Waals surface area contributed by atoms with Crippen LogP contribution in [0, 0.1) is 0 Å². The quantitative estimate of drug-likeness (QED) is 0.619. The van der Waals surface area contributed by atoms with Crippen LogP contribution in [0.2, 0.25) is 0 Å². The zero-order valence-corrected chi connectivity index (χ0v) is 14.9. The fraction of sp³-hybridized carbons (Fsp3) is 0.500. The van der Waals surface area contributed by atoms with Gasteiger partial charge >= 0.3 is 0 Å². The molecule has 0 fully saturated rings. The summed E-state index contributed by atoms with van der Waals surface area (Å²) in [5, 5.41) is 0. The Balaban J connectivity index is 2.79. The van der Waals surface area contributed by atoms with E-state index in [0.29, 0.717) is 31.9 Å². The van der Waals surface area contributed by atoms with Crippen LogP contribution in [0.15, 0.2) is 27.1 Å². The van der Waals surface area contributed by atoms with Crippen molar-refractivity contribution in [1.29, 1.82) is 0 Å². The van der Waals surface area contributed by atoms with Crippen LogP contribution in [0.3, 0.4) is 0 Å². The standard InChI is InChI=1S/C14H19Br2NO3/c1-19-8-3-6-17(7-9-20-2)14(18)12-5-4-11(15)10-13(12)16/h4-5,10H,3,6-9H2,1-2H3. The number of hydrogen-bond acceptors (Lipinski definition) is 3. The molecule has 0 saturated carbocycles. The van der Waals surface area contributed by atoms with Crippen molar-refractivity contribution in [3.8, 4) is 0 Å². The van der Waals surface area contributed by atoms with Crippen LogP contribution >= 0.6 is 31.9 Å². The highest BCUT2D eigenvalue weighted by Gasteiger charge is 2.17. The molecule has 0 aliphatic carbocycles. The molecule has 0 radical (unpaired) electrons. The molecule has 0 aromatic heterocycles. The fourth-order valence-electron chi connectivity index (χ4n) is 1.75. The summed E-state index contributed by atoms with van der Waals surface area (Å²) in [6, 6.07) is 5.55. The highest BCUT2D eigenvalue weighted by atomic mass is 79.9. The smallest absolute Gasteiger partial charge is 0.255 e. The van der Waals surface area contributed by atoms with Crippen LogP contribution in [0.25, 0.3) is 0 Å². The first-order valence-electron chi connectivity index (χ1n) is 6.32. The van der Waals surface area contributed by atoms with Crippen LogP contribution in [0.1, 0.15) is 16.8 Å². The molecule has 0 atom stereocenters. The fourth-order valence-corrected chi connectivity index (χ4v) is 2.97. The Bertz CT molecular complexity index is 440. The van der Waals surface area contributed by atoms with Crippen molar-refractivity contribution in [2.24, 2.45) is 0 Å². The molecule has 0 heterocycles. The maximum atomic E-state index is 12.6. The Morgan fingerprint density at radius 1 is 1.15 bits per heavy atom. The van der Waals surface area contributed by atoms with Gasteiger partial charge in [-0.05, 0) is 40.5 Å². The molecular formula is C14H19Br2NO3. The van der Waals surface area contributed by atoms with Gasteiger partial charge in [0.1, 0.15) is 0 Å². The van der Waals surface area contributed by atoms with Gasteiger partial charge in [-0.25, -0.2) is 0 Å². The molecule has 1 rings (SSSR count). The second-order valence-electron chi connectivity index (χ2n) is 4.26. The summed E-state index contributed by atoms with van der Waals surface area (Å²) in [4.78, 5) is 14.3. The Hall–Kier alpha value is -0.430. The average Bonchev–Trinajstić information content (AvgIpc) is 2.42. The van der Waals surface area contributed by atoms with E-state index in [1.165, 1.54) is 0 Å². The van der Waals surface area contributed by atoms with E-state index in [1.54, 1.807) is 19.1 Å². The summed E-state index contributed by atoms with van der Waals surface area (Å²) >= 11 is 6.82. The predicted octanol–water partition coefficient (Wildman–Crippen LogP) is 3.34. The number of benzene rings is 1. The lowest BCUT2D eigenvalue weighted by Gasteiger charge is -2.23. The number of hydrogen-bond donors (Lipinski definition) is 0. The van der Waals surface area contributed by atoms with Gasteiger partial charge in [-0.1, -0.05) is 15.9 Å². The Labute approximate surface area is 136 Å². The maximum absolute atomic E-state index is 12.6. The normalized spacial score (nSPS) is 10.6. The van der Waals surface area contributed by atoms with Crippen molar-refractivity contribution in [1.82, 2.24) is 4.90 Å². The molecule has 112 valence electrons. The molecule has 0 saturated heterocycles. The first kappa shape index (κ1) is 17.6. The lowest BCUT2D eigenvalue weighted by Crippen LogP contribution is -2.35. The molecule has 0 bridgehead atoms. The maximum Gasteiger partial charge on any atom is 0.255 e. The van der Waals surface area contributed by atoms with Crippen molar-refractivity contribution in [2.75, 3.05) is 40.5 Å². The third kappa shape index (κ3) is 5.52. The highest BCUT2D eigenvalue weighted by Crippen LogP contribution is 2.23. The van der Waals surface area contributed by atoms with E-state index in [4.69, 9.17) is 9.47 Å². The van der Waals surface area contributed by atoms with E-state index >= 15 is 0 Å². The lowest BCUT2D eigenvalue weighted by atomic mass is 10.2. The molecule has 6 heteroatoms. The van der Waals surface area contributed by atoms with Crippen molar-refractivity contribution < 1.29 is 14.3 Å². The summed E-state index contributed by atoms with van der Waals surface area (Å²) in [7, 11) is 3.29. The Morgan fingerprint density at radius 3 is 2.45 bits per heavy atom. The third-order valence-electron chi connectivity index (χ3n) is 2.79. The van der Waals surface area contributed by atoms with Crippen LogP contribution < -0.4 is 0 Å².